The monoisotopic (exact) mass is 336 g/mol. The maximum absolute atomic E-state index is 12.0. The number of methoxy groups -OCH3 is 1. The highest BCUT2D eigenvalue weighted by Crippen LogP contribution is 2.26. The first-order chi connectivity index (χ1) is 11.4. The quantitative estimate of drug-likeness (QED) is 0.410. The van der Waals surface area contributed by atoms with E-state index >= 15 is 0 Å². The molecular formula is C16H16O8. The molecule has 0 aliphatic carbocycles. The van der Waals surface area contributed by atoms with Crippen molar-refractivity contribution in [3.63, 3.8) is 0 Å². The number of carbonyl (C=O) groups excluding carboxylic acids is 1. The lowest BCUT2D eigenvalue weighted by Crippen LogP contribution is -2.16. The zero-order chi connectivity index (χ0) is 18.1. The van der Waals surface area contributed by atoms with Crippen LogP contribution in [-0.2, 0) is 27.5 Å². The Morgan fingerprint density at radius 2 is 2.00 bits per heavy atom. The molecular weight excluding hydrogens is 320 g/mol. The molecule has 0 aliphatic rings. The Kier molecular flexibility index (Phi) is 7.18. The van der Waals surface area contributed by atoms with Gasteiger partial charge in [0.2, 0.25) is 0 Å². The van der Waals surface area contributed by atoms with E-state index in [1.807, 2.05) is 0 Å². The summed E-state index contributed by atoms with van der Waals surface area (Å²) >= 11 is 0. The van der Waals surface area contributed by atoms with Crippen molar-refractivity contribution in [3.8, 4) is 5.75 Å². The van der Waals surface area contributed by atoms with Gasteiger partial charge in [0.25, 0.3) is 0 Å². The number of esters is 1. The highest BCUT2D eigenvalue weighted by molar-refractivity contribution is 5.85. The van der Waals surface area contributed by atoms with Crippen molar-refractivity contribution in [3.05, 3.63) is 58.2 Å². The summed E-state index contributed by atoms with van der Waals surface area (Å²) in [5, 5.41) is 18.1. The summed E-state index contributed by atoms with van der Waals surface area (Å²) in [4.78, 5) is 34.0. The van der Waals surface area contributed by atoms with E-state index in [0.29, 0.717) is 0 Å². The van der Waals surface area contributed by atoms with Crippen molar-refractivity contribution >= 4 is 18.0 Å². The van der Waals surface area contributed by atoms with Crippen LogP contribution < -0.4 is 10.4 Å². The number of carboxylic acids is 1. The Morgan fingerprint density at radius 1 is 1.29 bits per heavy atom. The zero-order valence-electron chi connectivity index (χ0n) is 12.9. The van der Waals surface area contributed by atoms with Crippen molar-refractivity contribution in [2.75, 3.05) is 7.11 Å². The Labute approximate surface area is 136 Å². The predicted molar refractivity (Wildman–Crippen MR) is 83.3 cm³/mol. The Hall–Kier alpha value is -3.13. The number of ether oxygens (including phenoxy) is 2. The van der Waals surface area contributed by atoms with Crippen LogP contribution in [0.3, 0.4) is 0 Å². The lowest BCUT2D eigenvalue weighted by Gasteiger charge is -2.12. The molecule has 1 aromatic heterocycles. The molecule has 0 bridgehead atoms. The van der Waals surface area contributed by atoms with Gasteiger partial charge in [-0.1, -0.05) is 18.7 Å². The first kappa shape index (κ1) is 18.9. The van der Waals surface area contributed by atoms with E-state index in [0.717, 1.165) is 18.2 Å². The maximum Gasteiger partial charge on any atom is 0.346 e. The maximum atomic E-state index is 12.0. The molecule has 8 nitrogen and oxygen atoms in total. The minimum Gasteiger partial charge on any atom is -0.496 e. The number of allylic oxidation sites excluding steroid dienone is 2. The van der Waals surface area contributed by atoms with E-state index < -0.39 is 30.8 Å². The molecule has 0 fully saturated rings. The second-order valence-electron chi connectivity index (χ2n) is 4.28. The van der Waals surface area contributed by atoms with Crippen molar-refractivity contribution in [1.82, 2.24) is 0 Å². The van der Waals surface area contributed by atoms with Gasteiger partial charge in [0, 0.05) is 12.2 Å². The Morgan fingerprint density at radius 3 is 2.54 bits per heavy atom. The molecule has 0 saturated carbocycles. The molecule has 24 heavy (non-hydrogen) atoms. The van der Waals surface area contributed by atoms with Crippen LogP contribution in [0.4, 0.5) is 0 Å². The van der Waals surface area contributed by atoms with Gasteiger partial charge in [0.1, 0.15) is 23.7 Å². The lowest BCUT2D eigenvalue weighted by molar-refractivity contribution is -0.139. The van der Waals surface area contributed by atoms with Crippen molar-refractivity contribution in [2.45, 2.75) is 13.2 Å². The van der Waals surface area contributed by atoms with Gasteiger partial charge in [-0.05, 0) is 6.08 Å². The molecule has 8 heteroatoms. The summed E-state index contributed by atoms with van der Waals surface area (Å²) in [6.07, 6.45) is 5.61. The van der Waals surface area contributed by atoms with Crippen LogP contribution in [0, 0.1) is 0 Å². The number of carboxylic acid groups (broad SMARTS) is 1. The third-order valence-electron chi connectivity index (χ3n) is 2.76. The van der Waals surface area contributed by atoms with E-state index in [4.69, 9.17) is 19.0 Å². The minimum atomic E-state index is -1.26. The first-order valence-corrected chi connectivity index (χ1v) is 6.65. The van der Waals surface area contributed by atoms with Crippen LogP contribution >= 0.6 is 0 Å². The fraction of sp³-hybridized carbons (Fsp3) is 0.188. The summed E-state index contributed by atoms with van der Waals surface area (Å²) in [6.45, 7) is 2.38. The molecule has 0 atom stereocenters. The largest absolute Gasteiger partial charge is 0.496 e. The fourth-order valence-corrected chi connectivity index (χ4v) is 1.75. The molecule has 0 saturated heterocycles. The van der Waals surface area contributed by atoms with Crippen LogP contribution in [0.5, 0.6) is 5.75 Å². The molecule has 128 valence electrons. The number of hydrogen-bond acceptors (Lipinski definition) is 7. The van der Waals surface area contributed by atoms with Crippen molar-refractivity contribution < 1.29 is 33.7 Å². The van der Waals surface area contributed by atoms with Crippen molar-refractivity contribution in [1.29, 1.82) is 0 Å². The third-order valence-corrected chi connectivity index (χ3v) is 2.76. The molecule has 0 aromatic carbocycles. The van der Waals surface area contributed by atoms with Gasteiger partial charge in [-0.2, -0.15) is 0 Å². The van der Waals surface area contributed by atoms with Gasteiger partial charge in [-0.3, -0.25) is 0 Å². The van der Waals surface area contributed by atoms with E-state index in [1.54, 1.807) is 0 Å². The van der Waals surface area contributed by atoms with Gasteiger partial charge >= 0.3 is 17.6 Å². The number of carbonyl (C=O) groups is 2. The molecule has 1 aromatic rings. The van der Waals surface area contributed by atoms with Gasteiger partial charge in [0.05, 0.1) is 19.3 Å². The Balaban J connectivity index is 3.24. The van der Waals surface area contributed by atoms with Gasteiger partial charge in [0.15, 0.2) is 0 Å². The van der Waals surface area contributed by atoms with E-state index in [9.17, 15) is 19.5 Å². The smallest absolute Gasteiger partial charge is 0.346 e. The number of aliphatic hydroxyl groups excluding tert-OH is 1. The molecule has 0 unspecified atom stereocenters. The molecule has 1 heterocycles. The van der Waals surface area contributed by atoms with Crippen LogP contribution in [0.2, 0.25) is 0 Å². The summed E-state index contributed by atoms with van der Waals surface area (Å²) in [5.74, 6) is -2.17. The van der Waals surface area contributed by atoms with E-state index in [1.165, 1.54) is 19.3 Å². The fourth-order valence-electron chi connectivity index (χ4n) is 1.75. The van der Waals surface area contributed by atoms with Crippen LogP contribution in [0.25, 0.3) is 6.08 Å². The lowest BCUT2D eigenvalue weighted by atomic mass is 10.1. The average molecular weight is 336 g/mol. The molecule has 2 N–H and O–H groups in total. The van der Waals surface area contributed by atoms with Gasteiger partial charge in [-0.15, -0.1) is 0 Å². The standard InChI is InChI=1S/C16H16O8/c1-3-4-5-14(20)23-9-11-15(22-2)10(8-17)12(24-16(11)21)6-7-13(18)19/h3-7,17H,1,8-9H2,2H3,(H,18,19)/b5-4+,7-6+. The highest BCUT2D eigenvalue weighted by Gasteiger charge is 2.20. The summed E-state index contributed by atoms with van der Waals surface area (Å²) in [6, 6.07) is 0. The van der Waals surface area contributed by atoms with Gasteiger partial charge in [-0.25, -0.2) is 14.4 Å². The first-order valence-electron chi connectivity index (χ1n) is 6.65. The molecule has 0 aliphatic heterocycles. The highest BCUT2D eigenvalue weighted by atomic mass is 16.5. The summed E-state index contributed by atoms with van der Waals surface area (Å²) in [5.41, 5.74) is -0.939. The number of hydrogen-bond donors (Lipinski definition) is 2. The van der Waals surface area contributed by atoms with Crippen LogP contribution in [0.1, 0.15) is 16.9 Å². The zero-order valence-corrected chi connectivity index (χ0v) is 12.9. The third kappa shape index (κ3) is 4.96. The number of rotatable bonds is 8. The minimum absolute atomic E-state index is 0.0423. The number of aliphatic hydroxyl groups is 1. The molecule has 0 amide bonds. The SMILES string of the molecule is C=C/C=C/C(=O)OCc1c(OC)c(CO)c(/C=C/C(=O)O)oc1=O. The van der Waals surface area contributed by atoms with Crippen LogP contribution in [0.15, 0.2) is 40.1 Å². The average Bonchev–Trinajstić information content (AvgIpc) is 2.56. The summed E-state index contributed by atoms with van der Waals surface area (Å²) in [7, 11) is 1.25. The van der Waals surface area contributed by atoms with Crippen molar-refractivity contribution in [2.24, 2.45) is 0 Å². The second kappa shape index (κ2) is 9.11. The Bertz CT molecular complexity index is 739. The molecule has 0 spiro atoms. The van der Waals surface area contributed by atoms with E-state index in [-0.39, 0.29) is 22.6 Å². The number of aliphatic carboxylic acids is 1. The van der Waals surface area contributed by atoms with Crippen LogP contribution in [-0.4, -0.2) is 29.3 Å². The molecule has 0 radical (unpaired) electrons. The van der Waals surface area contributed by atoms with Gasteiger partial charge < -0.3 is 24.1 Å². The normalized spacial score (nSPS) is 10.9. The summed E-state index contributed by atoms with van der Waals surface area (Å²) < 4.78 is 14.9. The van der Waals surface area contributed by atoms with E-state index in [2.05, 4.69) is 6.58 Å². The molecule has 1 rings (SSSR count). The topological polar surface area (TPSA) is 123 Å². The predicted octanol–water partition coefficient (Wildman–Crippen LogP) is 1.02. The second-order valence-corrected chi connectivity index (χ2v) is 4.28.